The van der Waals surface area contributed by atoms with Gasteiger partial charge >= 0.3 is 0 Å². The molecule has 1 aromatic heterocycles. The van der Waals surface area contributed by atoms with Gasteiger partial charge in [-0.15, -0.1) is 0 Å². The maximum absolute atomic E-state index is 4.91. The van der Waals surface area contributed by atoms with Crippen LogP contribution in [0.3, 0.4) is 0 Å². The predicted molar refractivity (Wildman–Crippen MR) is 103 cm³/mol. The number of hydrogen-bond donors (Lipinski definition) is 0. The van der Waals surface area contributed by atoms with Crippen molar-refractivity contribution in [2.45, 2.75) is 39.5 Å². The summed E-state index contributed by atoms with van der Waals surface area (Å²) in [6.45, 7) is 8.89. The van der Waals surface area contributed by atoms with Gasteiger partial charge in [0.05, 0.1) is 11.4 Å². The summed E-state index contributed by atoms with van der Waals surface area (Å²) in [6.07, 6.45) is 0. The molecule has 0 aliphatic rings. The van der Waals surface area contributed by atoms with E-state index in [0.29, 0.717) is 11.8 Å². The van der Waals surface area contributed by atoms with Crippen LogP contribution < -0.4 is 0 Å². The van der Waals surface area contributed by atoms with Crippen molar-refractivity contribution in [3.05, 3.63) is 77.9 Å². The molecule has 1 heteroatoms. The zero-order valence-corrected chi connectivity index (χ0v) is 15.0. The van der Waals surface area contributed by atoms with Crippen LogP contribution in [0.15, 0.2) is 66.7 Å². The molecular formula is C23H25N. The maximum atomic E-state index is 4.91. The third-order valence-corrected chi connectivity index (χ3v) is 4.45. The van der Waals surface area contributed by atoms with Crippen molar-refractivity contribution in [1.29, 1.82) is 0 Å². The molecule has 0 fully saturated rings. The minimum Gasteiger partial charge on any atom is -0.248 e. The van der Waals surface area contributed by atoms with E-state index in [0.717, 1.165) is 11.4 Å². The van der Waals surface area contributed by atoms with Gasteiger partial charge in [-0.05, 0) is 47.2 Å². The van der Waals surface area contributed by atoms with E-state index < -0.39 is 0 Å². The van der Waals surface area contributed by atoms with Crippen molar-refractivity contribution in [1.82, 2.24) is 4.98 Å². The summed E-state index contributed by atoms with van der Waals surface area (Å²) >= 11 is 0. The second-order valence-corrected chi connectivity index (χ2v) is 6.97. The number of rotatable bonds is 4. The highest BCUT2D eigenvalue weighted by molar-refractivity contribution is 5.67. The van der Waals surface area contributed by atoms with Crippen molar-refractivity contribution in [3.8, 4) is 22.5 Å². The minimum absolute atomic E-state index is 0.524. The van der Waals surface area contributed by atoms with Gasteiger partial charge in [0, 0.05) is 11.1 Å². The molecule has 0 aliphatic heterocycles. The third-order valence-electron chi connectivity index (χ3n) is 4.45. The van der Waals surface area contributed by atoms with Crippen molar-refractivity contribution < 1.29 is 0 Å². The molecule has 0 atom stereocenters. The van der Waals surface area contributed by atoms with Crippen LogP contribution in [-0.4, -0.2) is 4.98 Å². The molecule has 1 nitrogen and oxygen atoms in total. The molecule has 3 aromatic rings. The van der Waals surface area contributed by atoms with Gasteiger partial charge in [-0.3, -0.25) is 0 Å². The monoisotopic (exact) mass is 315 g/mol. The first-order valence-electron chi connectivity index (χ1n) is 8.72. The van der Waals surface area contributed by atoms with Gasteiger partial charge in [0.25, 0.3) is 0 Å². The van der Waals surface area contributed by atoms with Crippen LogP contribution in [0.4, 0.5) is 0 Å². The van der Waals surface area contributed by atoms with Crippen molar-refractivity contribution >= 4 is 0 Å². The SMILES string of the molecule is CC(C)c1cccc(-c2cccc(-c3cccc(C(C)C)c3)n2)c1. The lowest BCUT2D eigenvalue weighted by Crippen LogP contribution is -1.92. The molecule has 0 bridgehead atoms. The number of benzene rings is 2. The summed E-state index contributed by atoms with van der Waals surface area (Å²) in [6, 6.07) is 23.7. The topological polar surface area (TPSA) is 12.9 Å². The molecule has 0 saturated heterocycles. The van der Waals surface area contributed by atoms with Crippen LogP contribution >= 0.6 is 0 Å². The number of hydrogen-bond acceptors (Lipinski definition) is 1. The molecule has 0 aliphatic carbocycles. The smallest absolute Gasteiger partial charge is 0.0709 e. The summed E-state index contributed by atoms with van der Waals surface area (Å²) in [4.78, 5) is 4.91. The first-order chi connectivity index (χ1) is 11.5. The molecule has 0 radical (unpaired) electrons. The molecule has 1 heterocycles. The van der Waals surface area contributed by atoms with E-state index in [2.05, 4.69) is 94.4 Å². The Labute approximate surface area is 145 Å². The Bertz CT molecular complexity index is 764. The van der Waals surface area contributed by atoms with E-state index in [-0.39, 0.29) is 0 Å². The van der Waals surface area contributed by atoms with Gasteiger partial charge in [0.2, 0.25) is 0 Å². The average molecular weight is 315 g/mol. The molecular weight excluding hydrogens is 290 g/mol. The number of pyridine rings is 1. The largest absolute Gasteiger partial charge is 0.248 e. The Morgan fingerprint density at radius 1 is 0.583 bits per heavy atom. The van der Waals surface area contributed by atoms with Crippen LogP contribution in [0.5, 0.6) is 0 Å². The van der Waals surface area contributed by atoms with Gasteiger partial charge < -0.3 is 0 Å². The molecule has 0 spiro atoms. The summed E-state index contributed by atoms with van der Waals surface area (Å²) in [7, 11) is 0. The summed E-state index contributed by atoms with van der Waals surface area (Å²) in [5, 5.41) is 0. The number of nitrogens with zero attached hydrogens (tertiary/aromatic N) is 1. The zero-order chi connectivity index (χ0) is 17.1. The van der Waals surface area contributed by atoms with E-state index in [1.54, 1.807) is 0 Å². The third kappa shape index (κ3) is 3.56. The van der Waals surface area contributed by atoms with Crippen LogP contribution in [-0.2, 0) is 0 Å². The second kappa shape index (κ2) is 7.00. The van der Waals surface area contributed by atoms with Crippen LogP contribution in [0.2, 0.25) is 0 Å². The van der Waals surface area contributed by atoms with Gasteiger partial charge in [-0.1, -0.05) is 70.2 Å². The molecule has 0 amide bonds. The highest BCUT2D eigenvalue weighted by Gasteiger charge is 2.07. The Balaban J connectivity index is 2.01. The Morgan fingerprint density at radius 2 is 1.00 bits per heavy atom. The fourth-order valence-corrected chi connectivity index (χ4v) is 2.87. The normalized spacial score (nSPS) is 11.2. The lowest BCUT2D eigenvalue weighted by molar-refractivity contribution is 0.867. The number of aromatic nitrogens is 1. The Kier molecular flexibility index (Phi) is 4.80. The van der Waals surface area contributed by atoms with Crippen LogP contribution in [0.25, 0.3) is 22.5 Å². The maximum Gasteiger partial charge on any atom is 0.0709 e. The average Bonchev–Trinajstić information content (AvgIpc) is 2.62. The van der Waals surface area contributed by atoms with E-state index in [1.165, 1.54) is 22.3 Å². The van der Waals surface area contributed by atoms with Gasteiger partial charge in [0.15, 0.2) is 0 Å². The molecule has 0 unspecified atom stereocenters. The summed E-state index contributed by atoms with van der Waals surface area (Å²) in [5.74, 6) is 1.05. The van der Waals surface area contributed by atoms with E-state index in [1.807, 2.05) is 0 Å². The predicted octanol–water partition coefficient (Wildman–Crippen LogP) is 6.66. The summed E-state index contributed by atoms with van der Waals surface area (Å²) in [5.41, 5.74) is 7.13. The highest BCUT2D eigenvalue weighted by atomic mass is 14.7. The molecule has 0 saturated carbocycles. The molecule has 3 rings (SSSR count). The Hall–Kier alpha value is -2.41. The van der Waals surface area contributed by atoms with Gasteiger partial charge in [-0.2, -0.15) is 0 Å². The van der Waals surface area contributed by atoms with Crippen molar-refractivity contribution in [2.75, 3.05) is 0 Å². The van der Waals surface area contributed by atoms with Gasteiger partial charge in [-0.25, -0.2) is 4.98 Å². The van der Waals surface area contributed by atoms with Crippen molar-refractivity contribution in [2.24, 2.45) is 0 Å². The molecule has 122 valence electrons. The minimum atomic E-state index is 0.524. The Morgan fingerprint density at radius 3 is 1.42 bits per heavy atom. The highest BCUT2D eigenvalue weighted by Crippen LogP contribution is 2.27. The first-order valence-corrected chi connectivity index (χ1v) is 8.72. The van der Waals surface area contributed by atoms with Crippen LogP contribution in [0.1, 0.15) is 50.7 Å². The molecule has 2 aromatic carbocycles. The molecule has 24 heavy (non-hydrogen) atoms. The molecule has 0 N–H and O–H groups in total. The lowest BCUT2D eigenvalue weighted by atomic mass is 9.98. The van der Waals surface area contributed by atoms with Crippen LogP contribution in [0, 0.1) is 0 Å². The van der Waals surface area contributed by atoms with E-state index in [4.69, 9.17) is 4.98 Å². The standard InChI is InChI=1S/C23H25N/c1-16(2)18-8-5-10-20(14-18)22-12-7-13-23(24-22)21-11-6-9-19(15-21)17(3)4/h5-17H,1-4H3. The van der Waals surface area contributed by atoms with E-state index >= 15 is 0 Å². The quantitative estimate of drug-likeness (QED) is 0.524. The second-order valence-electron chi connectivity index (χ2n) is 6.97. The fraction of sp³-hybridized carbons (Fsp3) is 0.261. The van der Waals surface area contributed by atoms with E-state index in [9.17, 15) is 0 Å². The first kappa shape index (κ1) is 16.4. The summed E-state index contributed by atoms with van der Waals surface area (Å²) < 4.78 is 0. The zero-order valence-electron chi connectivity index (χ0n) is 15.0. The van der Waals surface area contributed by atoms with Crippen molar-refractivity contribution in [3.63, 3.8) is 0 Å². The lowest BCUT2D eigenvalue weighted by Gasteiger charge is -2.10. The fourth-order valence-electron chi connectivity index (χ4n) is 2.87. The van der Waals surface area contributed by atoms with Gasteiger partial charge in [0.1, 0.15) is 0 Å².